The van der Waals surface area contributed by atoms with Crippen molar-refractivity contribution in [1.82, 2.24) is 34.5 Å². The minimum absolute atomic E-state index is 0.310. The first-order valence-electron chi connectivity index (χ1n) is 26.5. The SMILES string of the molecule is CC1(C)c2cc(N(C3=CC=CCC3)c3ccccc3)ccc2-c2cc3c4cc(N(c5nc(-c6ccccc6)nc(-c6ccccc6)n5)c5nc(-c6ccccc6)nc(-c6ccccc6)n5)ccc4n(-c4ccccc4)c3cc21. The highest BCUT2D eigenvalue weighted by atomic mass is 15.4. The van der Waals surface area contributed by atoms with E-state index in [1.165, 1.54) is 28.0 Å². The second kappa shape index (κ2) is 19.2. The van der Waals surface area contributed by atoms with Gasteiger partial charge in [-0.25, -0.2) is 14.9 Å². The molecule has 14 rings (SSSR count). The number of rotatable bonds is 11. The van der Waals surface area contributed by atoms with Crippen LogP contribution >= 0.6 is 0 Å². The fraction of sp³-hybridized carbons (Fsp3) is 0.0725. The fourth-order valence-corrected chi connectivity index (χ4v) is 11.3. The summed E-state index contributed by atoms with van der Waals surface area (Å²) in [4.78, 5) is 35.9. The molecular weight excluding hydrogens is 955 g/mol. The Labute approximate surface area is 452 Å². The molecular formula is C69H51N9. The van der Waals surface area contributed by atoms with Gasteiger partial charge in [0.25, 0.3) is 0 Å². The molecule has 0 atom stereocenters. The first-order valence-corrected chi connectivity index (χ1v) is 26.5. The zero-order valence-corrected chi connectivity index (χ0v) is 43.1. The number of benzene rings is 9. The van der Waals surface area contributed by atoms with Crippen molar-refractivity contribution in [3.8, 4) is 62.4 Å². The molecule has 9 aromatic carbocycles. The minimum Gasteiger partial charge on any atom is -0.314 e. The number of allylic oxidation sites excluding steroid dienone is 4. The highest BCUT2D eigenvalue weighted by Crippen LogP contribution is 2.53. The van der Waals surface area contributed by atoms with Gasteiger partial charge >= 0.3 is 0 Å². The molecule has 0 N–H and O–H groups in total. The zero-order valence-electron chi connectivity index (χ0n) is 43.1. The Morgan fingerprint density at radius 2 is 0.859 bits per heavy atom. The Hall–Kier alpha value is -10.1. The number of hydrogen-bond donors (Lipinski definition) is 0. The third kappa shape index (κ3) is 8.20. The van der Waals surface area contributed by atoms with Crippen LogP contribution in [0.1, 0.15) is 37.8 Å². The van der Waals surface area contributed by atoms with Gasteiger partial charge in [0, 0.05) is 61.2 Å². The molecule has 0 unspecified atom stereocenters. The summed E-state index contributed by atoms with van der Waals surface area (Å²) in [6.45, 7) is 4.75. The second-order valence-corrected chi connectivity index (χ2v) is 20.3. The first kappa shape index (κ1) is 46.4. The van der Waals surface area contributed by atoms with E-state index in [-0.39, 0.29) is 5.41 Å². The molecule has 9 nitrogen and oxygen atoms in total. The summed E-state index contributed by atoms with van der Waals surface area (Å²) in [5.74, 6) is 2.79. The largest absolute Gasteiger partial charge is 0.314 e. The molecule has 78 heavy (non-hydrogen) atoms. The number of para-hydroxylation sites is 2. The fourth-order valence-electron chi connectivity index (χ4n) is 11.3. The molecule has 0 fully saturated rings. The van der Waals surface area contributed by atoms with Crippen LogP contribution in [-0.2, 0) is 5.41 Å². The van der Waals surface area contributed by atoms with E-state index in [1.54, 1.807) is 0 Å². The molecule has 2 aliphatic rings. The van der Waals surface area contributed by atoms with Gasteiger partial charge in [0.15, 0.2) is 23.3 Å². The number of aromatic nitrogens is 7. The Morgan fingerprint density at radius 1 is 0.397 bits per heavy atom. The molecule has 3 aromatic heterocycles. The van der Waals surface area contributed by atoms with Crippen molar-refractivity contribution in [2.75, 3.05) is 9.80 Å². The summed E-state index contributed by atoms with van der Waals surface area (Å²) in [5.41, 5.74) is 15.7. The minimum atomic E-state index is -0.310. The monoisotopic (exact) mass is 1010 g/mol. The van der Waals surface area contributed by atoms with Crippen LogP contribution in [0.3, 0.4) is 0 Å². The number of nitrogens with zero attached hydrogens (tertiary/aromatic N) is 9. The molecule has 2 aliphatic carbocycles. The smallest absolute Gasteiger partial charge is 0.241 e. The van der Waals surface area contributed by atoms with E-state index in [0.29, 0.717) is 35.2 Å². The summed E-state index contributed by atoms with van der Waals surface area (Å²) in [5, 5.41) is 2.17. The van der Waals surface area contributed by atoms with Crippen LogP contribution in [0.2, 0.25) is 0 Å². The van der Waals surface area contributed by atoms with E-state index >= 15 is 0 Å². The molecule has 3 heterocycles. The van der Waals surface area contributed by atoms with Gasteiger partial charge < -0.3 is 9.47 Å². The normalized spacial score (nSPS) is 13.3. The van der Waals surface area contributed by atoms with Crippen molar-refractivity contribution in [3.05, 3.63) is 266 Å². The summed E-state index contributed by atoms with van der Waals surface area (Å²) >= 11 is 0. The van der Waals surface area contributed by atoms with Crippen molar-refractivity contribution >= 4 is 50.8 Å². The summed E-state index contributed by atoms with van der Waals surface area (Å²) in [7, 11) is 0. The van der Waals surface area contributed by atoms with Crippen molar-refractivity contribution in [2.45, 2.75) is 32.1 Å². The Bertz CT molecular complexity index is 4030. The highest BCUT2D eigenvalue weighted by Gasteiger charge is 2.38. The maximum Gasteiger partial charge on any atom is 0.241 e. The summed E-state index contributed by atoms with van der Waals surface area (Å²) in [6, 6.07) is 80.1. The van der Waals surface area contributed by atoms with Gasteiger partial charge in [0.2, 0.25) is 11.9 Å². The van der Waals surface area contributed by atoms with Gasteiger partial charge in [-0.2, -0.15) is 19.9 Å². The third-order valence-corrected chi connectivity index (χ3v) is 15.1. The summed E-state index contributed by atoms with van der Waals surface area (Å²) < 4.78 is 2.40. The average molecular weight is 1010 g/mol. The maximum atomic E-state index is 5.33. The van der Waals surface area contributed by atoms with E-state index < -0.39 is 0 Å². The molecule has 9 heteroatoms. The molecule has 12 aromatic rings. The van der Waals surface area contributed by atoms with Crippen LogP contribution in [0.15, 0.2) is 254 Å². The quantitative estimate of drug-likeness (QED) is 0.127. The maximum absolute atomic E-state index is 5.33. The van der Waals surface area contributed by atoms with Crippen molar-refractivity contribution in [3.63, 3.8) is 0 Å². The Morgan fingerprint density at radius 3 is 1.37 bits per heavy atom. The number of hydrogen-bond acceptors (Lipinski definition) is 8. The predicted octanol–water partition coefficient (Wildman–Crippen LogP) is 17.0. The first-order chi connectivity index (χ1) is 38.4. The number of anilines is 5. The lowest BCUT2D eigenvalue weighted by Crippen LogP contribution is -2.19. The van der Waals surface area contributed by atoms with Gasteiger partial charge in [-0.05, 0) is 108 Å². The molecule has 0 saturated heterocycles. The Balaban J connectivity index is 1.01. The van der Waals surface area contributed by atoms with Crippen LogP contribution in [-0.4, -0.2) is 34.5 Å². The molecule has 0 amide bonds. The third-order valence-electron chi connectivity index (χ3n) is 15.1. The van der Waals surface area contributed by atoms with E-state index in [2.05, 4.69) is 151 Å². The standard InChI is InChI=1S/C69H51N9/c1-69(2)59-43-54(76(50-32-18-7-19-33-50)51-34-20-8-21-35-51)38-40-55(59)56-44-58-57-42-53(39-41-61(57)77(62(58)45-60(56)69)52-36-22-9-23-37-52)78(67-72-63(46-24-10-3-11-25-46)70-64(73-67)47-26-12-4-13-27-47)68-74-65(48-28-14-5-15-29-48)71-66(75-68)49-30-16-6-17-31-49/h3-20,22-34,36-45H,21,35H2,1-2H3. The Kier molecular flexibility index (Phi) is 11.4. The number of fused-ring (bicyclic) bond motifs is 6. The summed E-state index contributed by atoms with van der Waals surface area (Å²) in [6.07, 6.45) is 8.68. The van der Waals surface area contributed by atoms with Crippen molar-refractivity contribution in [1.29, 1.82) is 0 Å². The lowest BCUT2D eigenvalue weighted by molar-refractivity contribution is 0.661. The van der Waals surface area contributed by atoms with Crippen LogP contribution in [0.4, 0.5) is 29.0 Å². The predicted molar refractivity (Wildman–Crippen MR) is 317 cm³/mol. The van der Waals surface area contributed by atoms with Crippen LogP contribution in [0.25, 0.3) is 84.2 Å². The molecule has 372 valence electrons. The van der Waals surface area contributed by atoms with Crippen molar-refractivity contribution < 1.29 is 0 Å². The topological polar surface area (TPSA) is 88.8 Å². The van der Waals surface area contributed by atoms with Gasteiger partial charge in [0.05, 0.1) is 16.7 Å². The molecule has 0 aliphatic heterocycles. The van der Waals surface area contributed by atoms with Gasteiger partial charge in [-0.15, -0.1) is 0 Å². The second-order valence-electron chi connectivity index (χ2n) is 20.3. The van der Waals surface area contributed by atoms with E-state index in [0.717, 1.165) is 79.7 Å². The zero-order chi connectivity index (χ0) is 52.2. The van der Waals surface area contributed by atoms with E-state index in [1.807, 2.05) is 126 Å². The molecule has 0 bridgehead atoms. The van der Waals surface area contributed by atoms with Crippen molar-refractivity contribution in [2.24, 2.45) is 0 Å². The molecule has 0 spiro atoms. The van der Waals surface area contributed by atoms with Gasteiger partial charge in [0.1, 0.15) is 0 Å². The van der Waals surface area contributed by atoms with Crippen LogP contribution < -0.4 is 9.80 Å². The van der Waals surface area contributed by atoms with E-state index in [9.17, 15) is 0 Å². The van der Waals surface area contributed by atoms with Gasteiger partial charge in [-0.3, -0.25) is 0 Å². The lowest BCUT2D eigenvalue weighted by Gasteiger charge is -2.30. The van der Waals surface area contributed by atoms with Gasteiger partial charge in [-0.1, -0.05) is 190 Å². The average Bonchev–Trinajstić information content (AvgIpc) is 4.13. The highest BCUT2D eigenvalue weighted by molar-refractivity contribution is 6.13. The molecule has 0 saturated carbocycles. The lowest BCUT2D eigenvalue weighted by atomic mass is 9.82. The molecule has 0 radical (unpaired) electrons. The van der Waals surface area contributed by atoms with Crippen LogP contribution in [0, 0.1) is 0 Å². The van der Waals surface area contributed by atoms with E-state index in [4.69, 9.17) is 29.9 Å². The van der Waals surface area contributed by atoms with Crippen LogP contribution in [0.5, 0.6) is 0 Å².